The van der Waals surface area contributed by atoms with Crippen LogP contribution in [-0.2, 0) is 10.9 Å². The Morgan fingerprint density at radius 1 is 1.36 bits per heavy atom. The van der Waals surface area contributed by atoms with Crippen LogP contribution in [0.15, 0.2) is 30.6 Å². The zero-order valence-corrected chi connectivity index (χ0v) is 8.13. The molecule has 0 radical (unpaired) electrons. The van der Waals surface area contributed by atoms with Gasteiger partial charge in [0, 0.05) is 0 Å². The Balaban J connectivity index is 2.49. The summed E-state index contributed by atoms with van der Waals surface area (Å²) in [5.74, 6) is 0. The van der Waals surface area contributed by atoms with Gasteiger partial charge in [-0.2, -0.15) is 0 Å². The Hall–Kier alpha value is -1.16. The maximum Gasteiger partial charge on any atom is 0.345 e. The molecule has 0 bridgehead atoms. The minimum atomic E-state index is -4.04. The molecule has 5 nitrogen and oxygen atoms in total. The number of hydrogen-bond donors (Lipinski definition) is 2. The van der Waals surface area contributed by atoms with E-state index >= 15 is 0 Å². The normalized spacial score (nSPS) is 12.1. The van der Waals surface area contributed by atoms with Crippen molar-refractivity contribution in [1.82, 2.24) is 9.55 Å². The van der Waals surface area contributed by atoms with Crippen LogP contribution in [0, 0.1) is 0 Å². The molecule has 0 amide bonds. The summed E-state index contributed by atoms with van der Waals surface area (Å²) < 4.78 is 12.2. The van der Waals surface area contributed by atoms with Crippen LogP contribution in [0.4, 0.5) is 0 Å². The Morgan fingerprint density at radius 2 is 2.07 bits per heavy atom. The molecule has 0 unspecified atom stereocenters. The highest BCUT2D eigenvalue weighted by atomic mass is 31.2. The molecule has 0 aliphatic heterocycles. The van der Waals surface area contributed by atoms with Crippen LogP contribution >= 0.6 is 7.60 Å². The Morgan fingerprint density at radius 3 is 2.79 bits per heavy atom. The number of imidazole rings is 1. The summed E-state index contributed by atoms with van der Waals surface area (Å²) in [6.45, 7) is 0. The molecule has 1 aromatic heterocycles. The van der Waals surface area contributed by atoms with Crippen molar-refractivity contribution in [1.29, 1.82) is 0 Å². The van der Waals surface area contributed by atoms with E-state index in [1.165, 1.54) is 10.9 Å². The number of hydrogen-bond acceptors (Lipinski definition) is 2. The van der Waals surface area contributed by atoms with E-state index in [1.807, 2.05) is 6.07 Å². The monoisotopic (exact) mass is 212 g/mol. The van der Waals surface area contributed by atoms with Crippen LogP contribution < -0.4 is 0 Å². The van der Waals surface area contributed by atoms with Crippen LogP contribution in [0.2, 0.25) is 0 Å². The zero-order valence-electron chi connectivity index (χ0n) is 7.24. The lowest BCUT2D eigenvalue weighted by atomic mass is 10.3. The van der Waals surface area contributed by atoms with E-state index in [9.17, 15) is 4.57 Å². The minimum Gasteiger partial charge on any atom is -0.323 e. The molecule has 0 spiro atoms. The summed E-state index contributed by atoms with van der Waals surface area (Å²) in [5, 5.41) is 0. The van der Waals surface area contributed by atoms with Crippen molar-refractivity contribution in [2.45, 2.75) is 6.29 Å². The van der Waals surface area contributed by atoms with E-state index in [-0.39, 0.29) is 6.29 Å². The highest BCUT2D eigenvalue weighted by molar-refractivity contribution is 7.50. The smallest absolute Gasteiger partial charge is 0.323 e. The molecule has 1 heterocycles. The summed E-state index contributed by atoms with van der Waals surface area (Å²) in [6, 6.07) is 7.21. The van der Waals surface area contributed by atoms with E-state index < -0.39 is 7.60 Å². The number of para-hydroxylation sites is 2. The summed E-state index contributed by atoms with van der Waals surface area (Å²) in [7, 11) is -4.04. The number of benzene rings is 1. The van der Waals surface area contributed by atoms with Gasteiger partial charge in [-0.3, -0.25) is 4.57 Å². The Labute approximate surface area is 80.2 Å². The first kappa shape index (κ1) is 9.40. The Bertz CT molecular complexity index is 502. The summed E-state index contributed by atoms with van der Waals surface area (Å²) in [5.41, 5.74) is 1.47. The van der Waals surface area contributed by atoms with E-state index in [0.29, 0.717) is 0 Å². The second-order valence-electron chi connectivity index (χ2n) is 3.01. The first-order valence-electron chi connectivity index (χ1n) is 4.01. The lowest BCUT2D eigenvalue weighted by Crippen LogP contribution is -1.96. The molecule has 6 heteroatoms. The molecule has 0 aliphatic carbocycles. The second kappa shape index (κ2) is 3.20. The molecule has 2 aromatic rings. The van der Waals surface area contributed by atoms with Gasteiger partial charge in [0.1, 0.15) is 6.29 Å². The molecule has 0 fully saturated rings. The van der Waals surface area contributed by atoms with E-state index in [1.54, 1.807) is 18.2 Å². The van der Waals surface area contributed by atoms with Crippen molar-refractivity contribution in [3.8, 4) is 0 Å². The van der Waals surface area contributed by atoms with Crippen molar-refractivity contribution in [3.05, 3.63) is 30.6 Å². The van der Waals surface area contributed by atoms with Crippen LogP contribution in [0.1, 0.15) is 0 Å². The molecule has 0 saturated carbocycles. The highest BCUT2D eigenvalue weighted by Gasteiger charge is 2.15. The maximum atomic E-state index is 10.8. The van der Waals surface area contributed by atoms with Gasteiger partial charge in [-0.1, -0.05) is 12.1 Å². The van der Waals surface area contributed by atoms with Crippen LogP contribution in [0.25, 0.3) is 11.0 Å². The third-order valence-corrected chi connectivity index (χ3v) is 2.54. The van der Waals surface area contributed by atoms with Crippen molar-refractivity contribution in [2.24, 2.45) is 0 Å². The third-order valence-electron chi connectivity index (χ3n) is 1.86. The van der Waals surface area contributed by atoms with Gasteiger partial charge in [-0.25, -0.2) is 4.98 Å². The van der Waals surface area contributed by atoms with Crippen LogP contribution in [0.3, 0.4) is 0 Å². The first-order chi connectivity index (χ1) is 6.56. The molecule has 0 aliphatic rings. The number of aromatic nitrogens is 2. The first-order valence-corrected chi connectivity index (χ1v) is 5.80. The standard InChI is InChI=1S/C8H9N2O3P/c11-14(12,13)6-10-5-9-7-3-1-2-4-8(7)10/h1-5H,6H2,(H2,11,12,13). The Kier molecular flexibility index (Phi) is 2.15. The van der Waals surface area contributed by atoms with Gasteiger partial charge in [-0.15, -0.1) is 0 Å². The van der Waals surface area contributed by atoms with Crippen molar-refractivity contribution in [2.75, 3.05) is 0 Å². The largest absolute Gasteiger partial charge is 0.345 e. The maximum absolute atomic E-state index is 10.8. The summed E-state index contributed by atoms with van der Waals surface area (Å²) >= 11 is 0. The van der Waals surface area contributed by atoms with Gasteiger partial charge in [0.25, 0.3) is 0 Å². The number of fused-ring (bicyclic) bond motifs is 1. The molecule has 74 valence electrons. The fourth-order valence-corrected chi connectivity index (χ4v) is 1.94. The van der Waals surface area contributed by atoms with Crippen molar-refractivity contribution < 1.29 is 14.4 Å². The van der Waals surface area contributed by atoms with Crippen LogP contribution in [-0.4, -0.2) is 19.3 Å². The van der Waals surface area contributed by atoms with Gasteiger partial charge in [-0.05, 0) is 12.1 Å². The van der Waals surface area contributed by atoms with Gasteiger partial charge >= 0.3 is 7.60 Å². The highest BCUT2D eigenvalue weighted by Crippen LogP contribution is 2.37. The topological polar surface area (TPSA) is 75.3 Å². The second-order valence-corrected chi connectivity index (χ2v) is 4.62. The van der Waals surface area contributed by atoms with Gasteiger partial charge < -0.3 is 14.4 Å². The van der Waals surface area contributed by atoms with Crippen molar-refractivity contribution in [3.63, 3.8) is 0 Å². The summed E-state index contributed by atoms with van der Waals surface area (Å²) in [6.07, 6.45) is 1.11. The molecule has 2 rings (SSSR count). The average molecular weight is 212 g/mol. The fraction of sp³-hybridized carbons (Fsp3) is 0.125. The minimum absolute atomic E-state index is 0.326. The lowest BCUT2D eigenvalue weighted by molar-refractivity contribution is 0.363. The molecule has 2 N–H and O–H groups in total. The SMILES string of the molecule is O=P(O)(O)Cn1cnc2ccccc21. The van der Waals surface area contributed by atoms with Gasteiger partial charge in [0.2, 0.25) is 0 Å². The van der Waals surface area contributed by atoms with Gasteiger partial charge in [0.05, 0.1) is 17.4 Å². The quantitative estimate of drug-likeness (QED) is 0.732. The lowest BCUT2D eigenvalue weighted by Gasteiger charge is -2.05. The molecular weight excluding hydrogens is 203 g/mol. The molecule has 0 atom stereocenters. The predicted octanol–water partition coefficient (Wildman–Crippen LogP) is 1.17. The fourth-order valence-electron chi connectivity index (χ4n) is 1.32. The summed E-state index contributed by atoms with van der Waals surface area (Å²) in [4.78, 5) is 21.6. The molecule has 0 saturated heterocycles. The number of nitrogens with zero attached hydrogens (tertiary/aromatic N) is 2. The third kappa shape index (κ3) is 1.85. The average Bonchev–Trinajstić information content (AvgIpc) is 2.47. The molecule has 1 aromatic carbocycles. The molecule has 14 heavy (non-hydrogen) atoms. The van der Waals surface area contributed by atoms with E-state index in [0.717, 1.165) is 11.0 Å². The van der Waals surface area contributed by atoms with E-state index in [4.69, 9.17) is 9.79 Å². The molecular formula is C8H9N2O3P. The van der Waals surface area contributed by atoms with Crippen molar-refractivity contribution >= 4 is 18.6 Å². The van der Waals surface area contributed by atoms with E-state index in [2.05, 4.69) is 4.98 Å². The van der Waals surface area contributed by atoms with Crippen LogP contribution in [0.5, 0.6) is 0 Å². The number of rotatable bonds is 2. The predicted molar refractivity (Wildman–Crippen MR) is 51.8 cm³/mol. The zero-order chi connectivity index (χ0) is 10.2. The van der Waals surface area contributed by atoms with Gasteiger partial charge in [0.15, 0.2) is 0 Å².